The monoisotopic (exact) mass is 280 g/mol. The lowest BCUT2D eigenvalue weighted by molar-refractivity contribution is 0.987. The van der Waals surface area contributed by atoms with Crippen LogP contribution in [0, 0.1) is 6.92 Å². The van der Waals surface area contributed by atoms with Gasteiger partial charge in [0.2, 0.25) is 0 Å². The molecule has 0 fully saturated rings. The van der Waals surface area contributed by atoms with Crippen LogP contribution in [0.1, 0.15) is 11.3 Å². The third kappa shape index (κ3) is 2.84. The van der Waals surface area contributed by atoms with Crippen molar-refractivity contribution in [3.05, 3.63) is 65.9 Å². The Balaban J connectivity index is 1.94. The van der Waals surface area contributed by atoms with Crippen molar-refractivity contribution >= 4 is 22.5 Å². The predicted molar refractivity (Wildman–Crippen MR) is 84.9 cm³/mol. The van der Waals surface area contributed by atoms with Gasteiger partial charge in [-0.15, -0.1) is 0 Å². The van der Waals surface area contributed by atoms with E-state index in [9.17, 15) is 0 Å². The lowest BCUT2D eigenvalue weighted by atomic mass is 10.1. The van der Waals surface area contributed by atoms with Crippen LogP contribution in [-0.4, -0.2) is 4.98 Å². The van der Waals surface area contributed by atoms with Crippen LogP contribution in [0.4, 0.5) is 0 Å². The molecule has 1 aromatic heterocycles. The summed E-state index contributed by atoms with van der Waals surface area (Å²) in [6, 6.07) is 19.0. The Kier molecular flexibility index (Phi) is 3.72. The quantitative estimate of drug-likeness (QED) is 0.783. The van der Waals surface area contributed by atoms with Gasteiger partial charge >= 0.3 is 0 Å². The van der Waals surface area contributed by atoms with E-state index < -0.39 is 0 Å². The smallest absolute Gasteiger partial charge is 0.101 e. The maximum absolute atomic E-state index is 5.72. The van der Waals surface area contributed by atoms with Crippen LogP contribution < -0.4 is 5.73 Å². The second-order valence-corrected chi connectivity index (χ2v) is 5.86. The Morgan fingerprint density at radius 3 is 2.60 bits per heavy atom. The number of pyridine rings is 1. The summed E-state index contributed by atoms with van der Waals surface area (Å²) in [5.41, 5.74) is 7.85. The van der Waals surface area contributed by atoms with Crippen LogP contribution >= 0.6 is 11.8 Å². The van der Waals surface area contributed by atoms with Gasteiger partial charge in [0.1, 0.15) is 5.03 Å². The molecule has 0 aliphatic carbocycles. The lowest BCUT2D eigenvalue weighted by Crippen LogP contribution is -1.98. The number of aryl methyl sites for hydroxylation is 1. The molecule has 0 bridgehead atoms. The molecule has 0 spiro atoms. The van der Waals surface area contributed by atoms with Crippen molar-refractivity contribution in [2.45, 2.75) is 23.4 Å². The number of benzene rings is 2. The Hall–Kier alpha value is -1.84. The van der Waals surface area contributed by atoms with Gasteiger partial charge in [-0.3, -0.25) is 0 Å². The first-order valence-electron chi connectivity index (χ1n) is 6.59. The average Bonchev–Trinajstić information content (AvgIpc) is 2.46. The summed E-state index contributed by atoms with van der Waals surface area (Å²) < 4.78 is 0. The van der Waals surface area contributed by atoms with Crippen molar-refractivity contribution < 1.29 is 0 Å². The molecule has 3 rings (SSSR count). The van der Waals surface area contributed by atoms with Crippen LogP contribution in [0.2, 0.25) is 0 Å². The molecule has 20 heavy (non-hydrogen) atoms. The van der Waals surface area contributed by atoms with Gasteiger partial charge in [0.15, 0.2) is 0 Å². The Morgan fingerprint density at radius 2 is 1.80 bits per heavy atom. The molecule has 0 saturated heterocycles. The molecular formula is C17H16N2S. The predicted octanol–water partition coefficient (Wildman–Crippen LogP) is 4.15. The second-order valence-electron chi connectivity index (χ2n) is 4.77. The Bertz CT molecular complexity index is 753. The second kappa shape index (κ2) is 5.65. The summed E-state index contributed by atoms with van der Waals surface area (Å²) in [5, 5.41) is 3.52. The minimum atomic E-state index is 0.550. The molecule has 2 nitrogen and oxygen atoms in total. The molecule has 2 aromatic carbocycles. The average molecular weight is 280 g/mol. The topological polar surface area (TPSA) is 38.9 Å². The minimum absolute atomic E-state index is 0.550. The van der Waals surface area contributed by atoms with Gasteiger partial charge in [-0.2, -0.15) is 0 Å². The molecule has 0 unspecified atom stereocenters. The fourth-order valence-electron chi connectivity index (χ4n) is 2.23. The summed E-state index contributed by atoms with van der Waals surface area (Å²) in [4.78, 5) is 5.76. The van der Waals surface area contributed by atoms with E-state index in [1.165, 1.54) is 15.7 Å². The van der Waals surface area contributed by atoms with E-state index in [0.29, 0.717) is 6.54 Å². The fourth-order valence-corrected chi connectivity index (χ4v) is 3.19. The Labute approximate surface area is 123 Å². The van der Waals surface area contributed by atoms with Gasteiger partial charge in [0.25, 0.3) is 0 Å². The molecule has 0 radical (unpaired) electrons. The molecule has 0 aliphatic heterocycles. The summed E-state index contributed by atoms with van der Waals surface area (Å²) in [7, 11) is 0. The zero-order valence-electron chi connectivity index (χ0n) is 11.3. The van der Waals surface area contributed by atoms with Gasteiger partial charge in [0, 0.05) is 17.1 Å². The van der Waals surface area contributed by atoms with E-state index in [1.807, 2.05) is 13.0 Å². The molecule has 100 valence electrons. The summed E-state index contributed by atoms with van der Waals surface area (Å²) in [6.07, 6.45) is 0. The molecule has 0 atom stereocenters. The van der Waals surface area contributed by atoms with Gasteiger partial charge in [-0.1, -0.05) is 42.1 Å². The zero-order chi connectivity index (χ0) is 13.9. The van der Waals surface area contributed by atoms with Crippen LogP contribution in [-0.2, 0) is 6.54 Å². The van der Waals surface area contributed by atoms with E-state index in [-0.39, 0.29) is 0 Å². The molecule has 0 saturated carbocycles. The van der Waals surface area contributed by atoms with Crippen LogP contribution in [0.15, 0.2) is 64.5 Å². The minimum Gasteiger partial charge on any atom is -0.326 e. The largest absolute Gasteiger partial charge is 0.326 e. The zero-order valence-corrected chi connectivity index (χ0v) is 12.2. The van der Waals surface area contributed by atoms with E-state index in [4.69, 9.17) is 5.73 Å². The molecular weight excluding hydrogens is 264 g/mol. The molecule has 0 aliphatic rings. The SMILES string of the molecule is Cc1cc(CN)cc(Sc2ccc3ccccc3c2)n1. The van der Waals surface area contributed by atoms with Gasteiger partial charge < -0.3 is 5.73 Å². The molecule has 3 aromatic rings. The molecule has 0 amide bonds. The first-order valence-corrected chi connectivity index (χ1v) is 7.40. The number of hydrogen-bond donors (Lipinski definition) is 1. The number of nitrogens with two attached hydrogens (primary N) is 1. The number of hydrogen-bond acceptors (Lipinski definition) is 3. The third-order valence-electron chi connectivity index (χ3n) is 3.17. The summed E-state index contributed by atoms with van der Waals surface area (Å²) in [6.45, 7) is 2.55. The summed E-state index contributed by atoms with van der Waals surface area (Å²) in [5.74, 6) is 0. The standard InChI is InChI=1S/C17H16N2S/c1-12-8-13(11-18)9-17(19-12)20-16-7-6-14-4-2-3-5-15(14)10-16/h2-10H,11,18H2,1H3. The maximum atomic E-state index is 5.72. The van der Waals surface area contributed by atoms with E-state index >= 15 is 0 Å². The van der Waals surface area contributed by atoms with Crippen molar-refractivity contribution in [2.24, 2.45) is 5.73 Å². The highest BCUT2D eigenvalue weighted by molar-refractivity contribution is 7.99. The van der Waals surface area contributed by atoms with E-state index in [2.05, 4.69) is 53.5 Å². The van der Waals surface area contributed by atoms with Gasteiger partial charge in [-0.25, -0.2) is 4.98 Å². The third-order valence-corrected chi connectivity index (χ3v) is 4.08. The first-order chi connectivity index (χ1) is 9.74. The van der Waals surface area contributed by atoms with Gasteiger partial charge in [-0.05, 0) is 47.5 Å². The molecule has 1 heterocycles. The highest BCUT2D eigenvalue weighted by atomic mass is 32.2. The first kappa shape index (κ1) is 13.2. The van der Waals surface area contributed by atoms with Gasteiger partial charge in [0.05, 0.1) is 0 Å². The van der Waals surface area contributed by atoms with Crippen molar-refractivity contribution in [3.63, 3.8) is 0 Å². The number of nitrogens with zero attached hydrogens (tertiary/aromatic N) is 1. The van der Waals surface area contributed by atoms with Crippen molar-refractivity contribution in [1.82, 2.24) is 4.98 Å². The number of rotatable bonds is 3. The summed E-state index contributed by atoms with van der Waals surface area (Å²) >= 11 is 1.68. The number of aromatic nitrogens is 1. The van der Waals surface area contributed by atoms with Crippen LogP contribution in [0.5, 0.6) is 0 Å². The van der Waals surface area contributed by atoms with E-state index in [1.54, 1.807) is 11.8 Å². The normalized spacial score (nSPS) is 10.9. The van der Waals surface area contributed by atoms with Crippen LogP contribution in [0.3, 0.4) is 0 Å². The maximum Gasteiger partial charge on any atom is 0.101 e. The van der Waals surface area contributed by atoms with Crippen molar-refractivity contribution in [3.8, 4) is 0 Å². The van der Waals surface area contributed by atoms with E-state index in [0.717, 1.165) is 16.3 Å². The van der Waals surface area contributed by atoms with Crippen molar-refractivity contribution in [1.29, 1.82) is 0 Å². The Morgan fingerprint density at radius 1 is 1.00 bits per heavy atom. The molecule has 3 heteroatoms. The number of fused-ring (bicyclic) bond motifs is 1. The highest BCUT2D eigenvalue weighted by Crippen LogP contribution is 2.29. The highest BCUT2D eigenvalue weighted by Gasteiger charge is 2.03. The van der Waals surface area contributed by atoms with Crippen LogP contribution in [0.25, 0.3) is 10.8 Å². The molecule has 2 N–H and O–H groups in total. The fraction of sp³-hybridized carbons (Fsp3) is 0.118. The lowest BCUT2D eigenvalue weighted by Gasteiger charge is -2.06. The van der Waals surface area contributed by atoms with Crippen molar-refractivity contribution in [2.75, 3.05) is 0 Å².